The summed E-state index contributed by atoms with van der Waals surface area (Å²) in [6, 6.07) is 8.10. The van der Waals surface area contributed by atoms with Gasteiger partial charge in [-0.25, -0.2) is 0 Å². The first-order chi connectivity index (χ1) is 6.63. The highest BCUT2D eigenvalue weighted by atomic mass is 16.5. The SMILES string of the molecule is CCC1[C]c2ccccc2OC1(C)C. The first-order valence-electron chi connectivity index (χ1n) is 5.18. The Labute approximate surface area is 86.1 Å². The topological polar surface area (TPSA) is 9.23 Å². The molecule has 0 fully saturated rings. The Balaban J connectivity index is 2.35. The molecule has 74 valence electrons. The molecule has 1 aliphatic heterocycles. The molecule has 0 aliphatic carbocycles. The van der Waals surface area contributed by atoms with E-state index in [0.717, 1.165) is 17.7 Å². The van der Waals surface area contributed by atoms with Crippen LogP contribution in [0.1, 0.15) is 32.8 Å². The maximum Gasteiger partial charge on any atom is 0.123 e. The highest BCUT2D eigenvalue weighted by Gasteiger charge is 2.35. The van der Waals surface area contributed by atoms with Crippen molar-refractivity contribution in [1.82, 2.24) is 0 Å². The fourth-order valence-corrected chi connectivity index (χ4v) is 1.98. The van der Waals surface area contributed by atoms with Gasteiger partial charge in [-0.05, 0) is 26.3 Å². The van der Waals surface area contributed by atoms with Gasteiger partial charge in [0.25, 0.3) is 0 Å². The minimum atomic E-state index is -0.122. The number of fused-ring (bicyclic) bond motifs is 1. The van der Waals surface area contributed by atoms with Crippen LogP contribution in [0.3, 0.4) is 0 Å². The van der Waals surface area contributed by atoms with Crippen molar-refractivity contribution < 1.29 is 4.74 Å². The van der Waals surface area contributed by atoms with Gasteiger partial charge < -0.3 is 4.74 Å². The molecule has 0 saturated heterocycles. The second kappa shape index (κ2) is 3.30. The van der Waals surface area contributed by atoms with E-state index in [9.17, 15) is 0 Å². The normalized spacial score (nSPS) is 23.8. The van der Waals surface area contributed by atoms with Crippen LogP contribution in [0.4, 0.5) is 0 Å². The van der Waals surface area contributed by atoms with E-state index < -0.39 is 0 Å². The fraction of sp³-hybridized carbons (Fsp3) is 0.462. The second-order valence-electron chi connectivity index (χ2n) is 4.31. The minimum absolute atomic E-state index is 0.122. The molecule has 1 heteroatoms. The summed E-state index contributed by atoms with van der Waals surface area (Å²) >= 11 is 0. The lowest BCUT2D eigenvalue weighted by Crippen LogP contribution is -2.40. The summed E-state index contributed by atoms with van der Waals surface area (Å²) in [6.07, 6.45) is 4.58. The molecule has 0 aromatic heterocycles. The third-order valence-corrected chi connectivity index (χ3v) is 2.84. The summed E-state index contributed by atoms with van der Waals surface area (Å²) in [5, 5.41) is 0. The first kappa shape index (κ1) is 9.57. The smallest absolute Gasteiger partial charge is 0.123 e. The Bertz CT molecular complexity index is 328. The number of hydrogen-bond donors (Lipinski definition) is 0. The molecule has 0 spiro atoms. The molecular weight excluding hydrogens is 172 g/mol. The summed E-state index contributed by atoms with van der Waals surface area (Å²) in [7, 11) is 0. The Hall–Kier alpha value is -0.980. The standard InChI is InChI=1S/C13H16O/c1-4-11-9-10-7-5-6-8-12(10)14-13(11,2)3/h5-8,11H,4H2,1-3H3. The highest BCUT2D eigenvalue weighted by Crippen LogP contribution is 2.39. The van der Waals surface area contributed by atoms with Crippen molar-refractivity contribution in [3.8, 4) is 5.75 Å². The summed E-state index contributed by atoms with van der Waals surface area (Å²) < 4.78 is 5.96. The molecule has 1 aliphatic rings. The largest absolute Gasteiger partial charge is 0.487 e. The van der Waals surface area contributed by atoms with E-state index in [1.54, 1.807) is 0 Å². The van der Waals surface area contributed by atoms with Crippen LogP contribution in [0.2, 0.25) is 0 Å². The number of hydrogen-bond acceptors (Lipinski definition) is 1. The van der Waals surface area contributed by atoms with E-state index >= 15 is 0 Å². The predicted octanol–water partition coefficient (Wildman–Crippen LogP) is 3.31. The van der Waals surface area contributed by atoms with Gasteiger partial charge in [-0.3, -0.25) is 0 Å². The molecule has 0 saturated carbocycles. The van der Waals surface area contributed by atoms with Crippen molar-refractivity contribution in [2.75, 3.05) is 0 Å². The average Bonchev–Trinajstić information content (AvgIpc) is 2.15. The third-order valence-electron chi connectivity index (χ3n) is 2.84. The van der Waals surface area contributed by atoms with E-state index in [-0.39, 0.29) is 5.60 Å². The molecule has 2 radical (unpaired) electrons. The summed E-state index contributed by atoms with van der Waals surface area (Å²) in [4.78, 5) is 0. The van der Waals surface area contributed by atoms with Crippen LogP contribution in [-0.4, -0.2) is 5.60 Å². The maximum absolute atomic E-state index is 5.96. The minimum Gasteiger partial charge on any atom is -0.487 e. The van der Waals surface area contributed by atoms with E-state index in [1.807, 2.05) is 18.2 Å². The first-order valence-corrected chi connectivity index (χ1v) is 5.18. The van der Waals surface area contributed by atoms with Gasteiger partial charge in [0.1, 0.15) is 11.4 Å². The highest BCUT2D eigenvalue weighted by molar-refractivity contribution is 5.42. The number of para-hydroxylation sites is 1. The lowest BCUT2D eigenvalue weighted by Gasteiger charge is -2.39. The van der Waals surface area contributed by atoms with E-state index in [2.05, 4.69) is 33.3 Å². The van der Waals surface area contributed by atoms with Crippen LogP contribution >= 0.6 is 0 Å². The average molecular weight is 188 g/mol. The van der Waals surface area contributed by atoms with Crippen molar-refractivity contribution in [3.63, 3.8) is 0 Å². The van der Waals surface area contributed by atoms with Crippen LogP contribution in [0, 0.1) is 12.3 Å². The molecule has 1 atom stereocenters. The Morgan fingerprint density at radius 1 is 1.36 bits per heavy atom. The van der Waals surface area contributed by atoms with Crippen molar-refractivity contribution in [2.24, 2.45) is 5.92 Å². The van der Waals surface area contributed by atoms with Gasteiger partial charge in [-0.2, -0.15) is 0 Å². The monoisotopic (exact) mass is 188 g/mol. The van der Waals surface area contributed by atoms with Gasteiger partial charge in [-0.1, -0.05) is 25.1 Å². The Morgan fingerprint density at radius 2 is 2.07 bits per heavy atom. The zero-order chi connectivity index (χ0) is 10.2. The molecule has 1 heterocycles. The Kier molecular flexibility index (Phi) is 2.26. The van der Waals surface area contributed by atoms with Crippen molar-refractivity contribution >= 4 is 0 Å². The number of rotatable bonds is 1. The molecule has 1 aromatic rings. The van der Waals surface area contributed by atoms with Crippen LogP contribution in [-0.2, 0) is 0 Å². The zero-order valence-electron chi connectivity index (χ0n) is 9.00. The van der Waals surface area contributed by atoms with E-state index in [4.69, 9.17) is 4.74 Å². The zero-order valence-corrected chi connectivity index (χ0v) is 9.00. The summed E-state index contributed by atoms with van der Waals surface area (Å²) in [5.74, 6) is 1.35. The Morgan fingerprint density at radius 3 is 2.79 bits per heavy atom. The lowest BCUT2D eigenvalue weighted by molar-refractivity contribution is 0.0454. The van der Waals surface area contributed by atoms with Crippen LogP contribution in [0.5, 0.6) is 5.75 Å². The summed E-state index contributed by atoms with van der Waals surface area (Å²) in [6.45, 7) is 6.44. The van der Waals surface area contributed by atoms with E-state index in [0.29, 0.717) is 5.92 Å². The molecule has 1 nitrogen and oxygen atoms in total. The van der Waals surface area contributed by atoms with Crippen LogP contribution < -0.4 is 4.74 Å². The quantitative estimate of drug-likeness (QED) is 0.657. The summed E-state index contributed by atoms with van der Waals surface area (Å²) in [5.41, 5.74) is 0.988. The van der Waals surface area contributed by atoms with Crippen molar-refractivity contribution in [1.29, 1.82) is 0 Å². The molecule has 1 aromatic carbocycles. The fourth-order valence-electron chi connectivity index (χ4n) is 1.98. The molecule has 2 rings (SSSR count). The van der Waals surface area contributed by atoms with Gasteiger partial charge in [0, 0.05) is 17.9 Å². The van der Waals surface area contributed by atoms with Crippen molar-refractivity contribution in [2.45, 2.75) is 32.8 Å². The van der Waals surface area contributed by atoms with Crippen LogP contribution in [0.15, 0.2) is 24.3 Å². The third kappa shape index (κ3) is 1.52. The molecule has 0 N–H and O–H groups in total. The molecular formula is C13H16O. The second-order valence-corrected chi connectivity index (χ2v) is 4.31. The molecule has 14 heavy (non-hydrogen) atoms. The molecule has 0 bridgehead atoms. The van der Waals surface area contributed by atoms with Crippen LogP contribution in [0.25, 0.3) is 0 Å². The van der Waals surface area contributed by atoms with Gasteiger partial charge in [0.2, 0.25) is 0 Å². The van der Waals surface area contributed by atoms with E-state index in [1.165, 1.54) is 0 Å². The predicted molar refractivity (Wildman–Crippen MR) is 57.3 cm³/mol. The van der Waals surface area contributed by atoms with Gasteiger partial charge in [0.15, 0.2) is 0 Å². The van der Waals surface area contributed by atoms with Gasteiger partial charge in [-0.15, -0.1) is 0 Å². The number of benzene rings is 1. The molecule has 1 unspecified atom stereocenters. The molecule has 0 amide bonds. The van der Waals surface area contributed by atoms with Gasteiger partial charge >= 0.3 is 0 Å². The van der Waals surface area contributed by atoms with Gasteiger partial charge in [0.05, 0.1) is 0 Å². The lowest BCUT2D eigenvalue weighted by atomic mass is 9.81. The number of ether oxygens (including phenoxy) is 1. The van der Waals surface area contributed by atoms with Crippen molar-refractivity contribution in [3.05, 3.63) is 36.2 Å². The maximum atomic E-state index is 5.96.